The van der Waals surface area contributed by atoms with E-state index in [0.29, 0.717) is 48.4 Å². The molecule has 0 aliphatic carbocycles. The second kappa shape index (κ2) is 9.03. The number of aromatic nitrogens is 5. The monoisotopic (exact) mass is 505 g/mol. The average molecular weight is 506 g/mol. The molecule has 0 aliphatic heterocycles. The van der Waals surface area contributed by atoms with Crippen molar-refractivity contribution >= 4 is 49.2 Å². The van der Waals surface area contributed by atoms with Gasteiger partial charge in [0, 0.05) is 36.3 Å². The molecule has 0 saturated heterocycles. The van der Waals surface area contributed by atoms with E-state index in [1.807, 2.05) is 66.9 Å². The second-order valence-electron chi connectivity index (χ2n) is 7.78. The zero-order valence-corrected chi connectivity index (χ0v) is 20.2. The fraction of sp³-hybridized carbons (Fsp3) is 0.280. The van der Waals surface area contributed by atoms with Crippen LogP contribution in [0.1, 0.15) is 26.1 Å². The van der Waals surface area contributed by atoms with Crippen LogP contribution in [0, 0.1) is 0 Å². The zero-order valence-electron chi connectivity index (χ0n) is 18.6. The number of halogens is 1. The SMILES string of the molecule is CCOCCCn1c(CC)nc2c(c1=O)c1nc3ccccc3nc1n2-c1ccc(Br)cc1. The van der Waals surface area contributed by atoms with Gasteiger partial charge in [0.25, 0.3) is 5.56 Å². The number of nitrogens with zero attached hydrogens (tertiary/aromatic N) is 5. The van der Waals surface area contributed by atoms with E-state index in [0.717, 1.165) is 33.4 Å². The summed E-state index contributed by atoms with van der Waals surface area (Å²) in [5, 5.41) is 0.500. The molecule has 2 aromatic carbocycles. The summed E-state index contributed by atoms with van der Waals surface area (Å²) < 4.78 is 10.2. The third kappa shape index (κ3) is 3.83. The molecule has 7 nitrogen and oxygen atoms in total. The molecule has 3 aromatic heterocycles. The molecule has 5 rings (SSSR count). The van der Waals surface area contributed by atoms with Crippen LogP contribution in [0.5, 0.6) is 0 Å². The van der Waals surface area contributed by atoms with E-state index >= 15 is 0 Å². The molecule has 8 heteroatoms. The molecular formula is C25H24BrN5O2. The molecular weight excluding hydrogens is 482 g/mol. The van der Waals surface area contributed by atoms with Crippen LogP contribution in [-0.2, 0) is 17.7 Å². The fourth-order valence-corrected chi connectivity index (χ4v) is 4.44. The number of hydrogen-bond donors (Lipinski definition) is 0. The van der Waals surface area contributed by atoms with Gasteiger partial charge in [0.15, 0.2) is 11.3 Å². The van der Waals surface area contributed by atoms with Crippen molar-refractivity contribution < 1.29 is 4.74 Å². The fourth-order valence-electron chi connectivity index (χ4n) is 4.17. The van der Waals surface area contributed by atoms with Gasteiger partial charge in [-0.25, -0.2) is 15.0 Å². The molecule has 3 heterocycles. The summed E-state index contributed by atoms with van der Waals surface area (Å²) >= 11 is 3.50. The second-order valence-corrected chi connectivity index (χ2v) is 8.70. The van der Waals surface area contributed by atoms with Crippen molar-refractivity contribution in [2.75, 3.05) is 13.2 Å². The van der Waals surface area contributed by atoms with Crippen LogP contribution in [0.4, 0.5) is 0 Å². The zero-order chi connectivity index (χ0) is 22.9. The topological polar surface area (TPSA) is 74.8 Å². The van der Waals surface area contributed by atoms with Gasteiger partial charge in [0.05, 0.1) is 11.0 Å². The van der Waals surface area contributed by atoms with E-state index in [2.05, 4.69) is 15.9 Å². The highest BCUT2D eigenvalue weighted by Crippen LogP contribution is 2.29. The maximum atomic E-state index is 13.8. The van der Waals surface area contributed by atoms with Crippen molar-refractivity contribution in [3.63, 3.8) is 0 Å². The molecule has 0 aliphatic rings. The van der Waals surface area contributed by atoms with E-state index in [1.54, 1.807) is 4.57 Å². The maximum absolute atomic E-state index is 13.8. The summed E-state index contributed by atoms with van der Waals surface area (Å²) in [6, 6.07) is 15.6. The minimum absolute atomic E-state index is 0.0845. The minimum atomic E-state index is -0.0845. The molecule has 0 fully saturated rings. The van der Waals surface area contributed by atoms with Gasteiger partial charge in [-0.05, 0) is 49.7 Å². The molecule has 0 saturated carbocycles. The molecule has 33 heavy (non-hydrogen) atoms. The van der Waals surface area contributed by atoms with E-state index in [-0.39, 0.29) is 5.56 Å². The van der Waals surface area contributed by atoms with Crippen LogP contribution in [-0.4, -0.2) is 37.3 Å². The number of para-hydroxylation sites is 2. The van der Waals surface area contributed by atoms with Crippen molar-refractivity contribution in [1.29, 1.82) is 0 Å². The van der Waals surface area contributed by atoms with E-state index < -0.39 is 0 Å². The van der Waals surface area contributed by atoms with Crippen LogP contribution in [0.15, 0.2) is 57.8 Å². The first kappa shape index (κ1) is 21.7. The van der Waals surface area contributed by atoms with Crippen molar-refractivity contribution in [1.82, 2.24) is 24.1 Å². The molecule has 0 radical (unpaired) electrons. The van der Waals surface area contributed by atoms with Crippen molar-refractivity contribution in [3.8, 4) is 5.69 Å². The Morgan fingerprint density at radius 2 is 1.67 bits per heavy atom. The average Bonchev–Trinajstić information content (AvgIpc) is 3.15. The Labute approximate surface area is 199 Å². The van der Waals surface area contributed by atoms with Crippen LogP contribution >= 0.6 is 15.9 Å². The van der Waals surface area contributed by atoms with Crippen molar-refractivity contribution in [2.45, 2.75) is 33.2 Å². The normalized spacial score (nSPS) is 11.7. The maximum Gasteiger partial charge on any atom is 0.265 e. The first-order valence-corrected chi connectivity index (χ1v) is 12.0. The Hall–Kier alpha value is -3.10. The Kier molecular flexibility index (Phi) is 5.95. The van der Waals surface area contributed by atoms with Crippen molar-refractivity contribution in [2.24, 2.45) is 0 Å². The number of benzene rings is 2. The number of aryl methyl sites for hydroxylation is 1. The van der Waals surface area contributed by atoms with Crippen LogP contribution in [0.3, 0.4) is 0 Å². The molecule has 0 amide bonds. The highest BCUT2D eigenvalue weighted by Gasteiger charge is 2.22. The summed E-state index contributed by atoms with van der Waals surface area (Å²) in [5.41, 5.74) is 4.12. The predicted octanol–water partition coefficient (Wildman–Crippen LogP) is 5.04. The molecule has 0 atom stereocenters. The van der Waals surface area contributed by atoms with E-state index in [4.69, 9.17) is 19.7 Å². The summed E-state index contributed by atoms with van der Waals surface area (Å²) in [7, 11) is 0. The molecule has 0 unspecified atom stereocenters. The third-order valence-electron chi connectivity index (χ3n) is 5.72. The molecule has 0 N–H and O–H groups in total. The molecule has 0 spiro atoms. The number of rotatable bonds is 7. The quantitative estimate of drug-likeness (QED) is 0.290. The minimum Gasteiger partial charge on any atom is -0.382 e. The summed E-state index contributed by atoms with van der Waals surface area (Å²) in [4.78, 5) is 28.6. The van der Waals surface area contributed by atoms with E-state index in [9.17, 15) is 4.79 Å². The van der Waals surface area contributed by atoms with Crippen LogP contribution in [0.2, 0.25) is 0 Å². The van der Waals surface area contributed by atoms with Crippen molar-refractivity contribution in [3.05, 3.63) is 69.2 Å². The first-order valence-electron chi connectivity index (χ1n) is 11.2. The van der Waals surface area contributed by atoms with Gasteiger partial charge in [0.2, 0.25) is 0 Å². The van der Waals surface area contributed by atoms with Gasteiger partial charge in [-0.3, -0.25) is 13.9 Å². The summed E-state index contributed by atoms with van der Waals surface area (Å²) in [5.74, 6) is 0.745. The lowest BCUT2D eigenvalue weighted by Gasteiger charge is -2.12. The Bertz CT molecular complexity index is 1520. The van der Waals surface area contributed by atoms with Crippen LogP contribution in [0.25, 0.3) is 38.9 Å². The highest BCUT2D eigenvalue weighted by atomic mass is 79.9. The van der Waals surface area contributed by atoms with E-state index in [1.165, 1.54) is 0 Å². The number of ether oxygens (including phenoxy) is 1. The van der Waals surface area contributed by atoms with Gasteiger partial charge in [0.1, 0.15) is 16.7 Å². The summed E-state index contributed by atoms with van der Waals surface area (Å²) in [6.07, 6.45) is 1.39. The Morgan fingerprint density at radius 1 is 0.939 bits per heavy atom. The standard InChI is InChI=1S/C25H24BrN5O2/c1-3-20-29-23-21(25(32)30(20)14-7-15-33-4-2)22-24(28-19-9-6-5-8-18(19)27-22)31(23)17-12-10-16(26)11-13-17/h5-6,8-13H,3-4,7,14-15H2,1-2H3. The third-order valence-corrected chi connectivity index (χ3v) is 6.25. The molecule has 0 bridgehead atoms. The Morgan fingerprint density at radius 3 is 2.36 bits per heavy atom. The lowest BCUT2D eigenvalue weighted by molar-refractivity contribution is 0.141. The number of hydrogen-bond acceptors (Lipinski definition) is 5. The largest absolute Gasteiger partial charge is 0.382 e. The van der Waals surface area contributed by atoms with Gasteiger partial charge in [-0.2, -0.15) is 0 Å². The number of fused-ring (bicyclic) bond motifs is 4. The Balaban J connectivity index is 1.85. The molecule has 5 aromatic rings. The predicted molar refractivity (Wildman–Crippen MR) is 134 cm³/mol. The highest BCUT2D eigenvalue weighted by molar-refractivity contribution is 9.10. The lowest BCUT2D eigenvalue weighted by Crippen LogP contribution is -2.26. The smallest absolute Gasteiger partial charge is 0.265 e. The molecule has 168 valence electrons. The van der Waals surface area contributed by atoms with Gasteiger partial charge >= 0.3 is 0 Å². The van der Waals surface area contributed by atoms with Crippen LogP contribution < -0.4 is 5.56 Å². The lowest BCUT2D eigenvalue weighted by atomic mass is 10.2. The summed E-state index contributed by atoms with van der Waals surface area (Å²) in [6.45, 7) is 5.81. The van der Waals surface area contributed by atoms with Gasteiger partial charge < -0.3 is 4.74 Å². The van der Waals surface area contributed by atoms with Gasteiger partial charge in [-0.15, -0.1) is 0 Å². The first-order chi connectivity index (χ1) is 16.1. The van der Waals surface area contributed by atoms with Gasteiger partial charge in [-0.1, -0.05) is 35.0 Å².